The van der Waals surface area contributed by atoms with E-state index in [4.69, 9.17) is 18.9 Å². The van der Waals surface area contributed by atoms with Crippen LogP contribution in [0.2, 0.25) is 0 Å². The van der Waals surface area contributed by atoms with E-state index in [1.807, 2.05) is 19.1 Å². The van der Waals surface area contributed by atoms with Gasteiger partial charge in [0.25, 0.3) is 0 Å². The molecule has 2 unspecified atom stereocenters. The lowest BCUT2D eigenvalue weighted by molar-refractivity contribution is -0.129. The van der Waals surface area contributed by atoms with Crippen LogP contribution in [-0.4, -0.2) is 120 Å². The van der Waals surface area contributed by atoms with Crippen LogP contribution in [-0.2, 0) is 38.1 Å². The predicted molar refractivity (Wildman–Crippen MR) is 152 cm³/mol. The third-order valence-corrected chi connectivity index (χ3v) is 7.80. The quantitative estimate of drug-likeness (QED) is 0.224. The molecule has 1 saturated carbocycles. The minimum Gasteiger partial charge on any atom is -0.377 e. The number of rotatable bonds is 18. The van der Waals surface area contributed by atoms with Crippen molar-refractivity contribution >= 4 is 29.7 Å². The van der Waals surface area contributed by atoms with E-state index in [1.54, 1.807) is 18.2 Å². The van der Waals surface area contributed by atoms with Crippen molar-refractivity contribution in [3.05, 3.63) is 12.2 Å². The van der Waals surface area contributed by atoms with Gasteiger partial charge in [-0.2, -0.15) is 0 Å². The highest BCUT2D eigenvalue weighted by Crippen LogP contribution is 2.34. The maximum Gasteiger partial charge on any atom is 0.225 e. The van der Waals surface area contributed by atoms with Gasteiger partial charge in [0.15, 0.2) is 0 Å². The third-order valence-electron chi connectivity index (χ3n) is 7.80. The molecule has 0 spiro atoms. The van der Waals surface area contributed by atoms with Crippen LogP contribution in [0.5, 0.6) is 0 Å². The van der Waals surface area contributed by atoms with Crippen LogP contribution in [0.25, 0.3) is 0 Å². The van der Waals surface area contributed by atoms with E-state index in [-0.39, 0.29) is 53.8 Å². The number of allylic oxidation sites excluding steroid dienone is 1. The fourth-order valence-corrected chi connectivity index (χ4v) is 5.42. The molecule has 3 rings (SSSR count). The topological polar surface area (TPSA) is 145 Å². The minimum atomic E-state index is -0.409. The monoisotopic (exact) mass is 578 g/mol. The largest absolute Gasteiger partial charge is 0.377 e. The Morgan fingerprint density at radius 1 is 0.878 bits per heavy atom. The van der Waals surface area contributed by atoms with Crippen molar-refractivity contribution in [2.45, 2.75) is 51.1 Å². The summed E-state index contributed by atoms with van der Waals surface area (Å²) in [4.78, 5) is 54.6. The average Bonchev–Trinajstić information content (AvgIpc) is 3.26. The van der Waals surface area contributed by atoms with Gasteiger partial charge in [0, 0.05) is 57.5 Å². The van der Waals surface area contributed by atoms with E-state index in [9.17, 15) is 19.2 Å². The van der Waals surface area contributed by atoms with E-state index < -0.39 is 5.92 Å². The van der Waals surface area contributed by atoms with Crippen LogP contribution >= 0.6 is 0 Å². The van der Waals surface area contributed by atoms with Crippen LogP contribution in [0.3, 0.4) is 0 Å². The Labute approximate surface area is 242 Å². The smallest absolute Gasteiger partial charge is 0.225 e. The Morgan fingerprint density at radius 2 is 1.41 bits per heavy atom. The fraction of sp³-hybridized carbons (Fsp3) is 0.759. The van der Waals surface area contributed by atoms with Crippen molar-refractivity contribution in [3.8, 4) is 0 Å². The van der Waals surface area contributed by atoms with E-state index in [0.29, 0.717) is 91.6 Å². The molecule has 0 aromatic carbocycles. The van der Waals surface area contributed by atoms with Gasteiger partial charge in [-0.15, -0.1) is 0 Å². The standard InChI is InChI=1S/C29H46N4O8/c1-21-24(4-3-9-30-21)27-25(20-26(35)33(27)2)29(37)32-11-13-39-15-17-41-19-18-40-16-14-38-12-10-31-28(36)22-5-7-23(34)8-6-22/h3-4,9,21-22,24-25,27H,5-8,10-20H2,1-2H3,(H,31,36)(H,32,37)/t21?,24?,25-,27+/m0/s1. The molecule has 0 aromatic heterocycles. The highest BCUT2D eigenvalue weighted by molar-refractivity contribution is 5.90. The summed E-state index contributed by atoms with van der Waals surface area (Å²) in [5, 5.41) is 5.76. The van der Waals surface area contributed by atoms with E-state index in [1.165, 1.54) is 0 Å². The molecule has 1 aliphatic carbocycles. The SMILES string of the molecule is CC1N=CC=CC1[C@@H]1[C@@H](C(=O)NCCOCCOCCOCCOCCNC(=O)C2CCC(=O)CC2)CC(=O)N1C. The number of carbonyl (C=O) groups is 4. The molecule has 2 fully saturated rings. The lowest BCUT2D eigenvalue weighted by Crippen LogP contribution is -2.46. The van der Waals surface area contributed by atoms with Gasteiger partial charge < -0.3 is 34.5 Å². The van der Waals surface area contributed by atoms with E-state index in [0.717, 1.165) is 0 Å². The van der Waals surface area contributed by atoms with Crippen LogP contribution in [0, 0.1) is 17.8 Å². The van der Waals surface area contributed by atoms with Crippen LogP contribution in [0.15, 0.2) is 17.1 Å². The minimum absolute atomic E-state index is 0.00425. The molecule has 0 aromatic rings. The van der Waals surface area contributed by atoms with Crippen molar-refractivity contribution in [1.29, 1.82) is 0 Å². The first kappa shape index (κ1) is 32.8. The number of aliphatic imine (C=N–C) groups is 1. The number of hydrogen-bond acceptors (Lipinski definition) is 9. The molecule has 2 aliphatic heterocycles. The van der Waals surface area contributed by atoms with Crippen LogP contribution < -0.4 is 10.6 Å². The molecular formula is C29H46N4O8. The number of ether oxygens (including phenoxy) is 4. The zero-order valence-electron chi connectivity index (χ0n) is 24.4. The Morgan fingerprint density at radius 3 is 1.98 bits per heavy atom. The first-order valence-corrected chi connectivity index (χ1v) is 14.7. The number of dihydropyridines is 1. The number of amides is 3. The summed E-state index contributed by atoms with van der Waals surface area (Å²) in [7, 11) is 1.76. The number of nitrogens with zero attached hydrogens (tertiary/aromatic N) is 2. The van der Waals surface area contributed by atoms with Crippen molar-refractivity contribution in [1.82, 2.24) is 15.5 Å². The highest BCUT2D eigenvalue weighted by atomic mass is 16.6. The zero-order chi connectivity index (χ0) is 29.5. The highest BCUT2D eigenvalue weighted by Gasteiger charge is 2.46. The summed E-state index contributed by atoms with van der Waals surface area (Å²) in [6.45, 7) is 6.13. The molecular weight excluding hydrogens is 532 g/mol. The molecule has 0 radical (unpaired) electrons. The number of Topliss-reactive ketones (excluding diaryl/α,β-unsaturated/α-hetero) is 1. The van der Waals surface area contributed by atoms with Gasteiger partial charge in [0.05, 0.1) is 70.9 Å². The van der Waals surface area contributed by atoms with Gasteiger partial charge in [0.1, 0.15) is 5.78 Å². The molecule has 3 aliphatic rings. The zero-order valence-corrected chi connectivity index (χ0v) is 24.4. The molecule has 1 saturated heterocycles. The lowest BCUT2D eigenvalue weighted by atomic mass is 9.83. The van der Waals surface area contributed by atoms with Crippen molar-refractivity contribution < 1.29 is 38.1 Å². The average molecular weight is 579 g/mol. The maximum atomic E-state index is 12.8. The second kappa shape index (κ2) is 18.0. The van der Waals surface area contributed by atoms with Gasteiger partial charge in [-0.05, 0) is 25.8 Å². The molecule has 2 heterocycles. The molecule has 0 bridgehead atoms. The number of nitrogens with one attached hydrogen (secondary N) is 2. The molecule has 3 amide bonds. The Kier molecular flexibility index (Phi) is 14.4. The molecule has 230 valence electrons. The Bertz CT molecular complexity index is 916. The summed E-state index contributed by atoms with van der Waals surface area (Å²) in [5.41, 5.74) is 0. The Balaban J connectivity index is 1.11. The second-order valence-corrected chi connectivity index (χ2v) is 10.7. The first-order valence-electron chi connectivity index (χ1n) is 14.7. The van der Waals surface area contributed by atoms with Crippen molar-refractivity contribution in [2.75, 3.05) is 73.0 Å². The molecule has 12 nitrogen and oxygen atoms in total. The molecule has 4 atom stereocenters. The summed E-state index contributed by atoms with van der Waals surface area (Å²) < 4.78 is 21.9. The van der Waals surface area contributed by atoms with E-state index >= 15 is 0 Å². The lowest BCUT2D eigenvalue weighted by Gasteiger charge is -2.33. The maximum absolute atomic E-state index is 12.8. The van der Waals surface area contributed by atoms with Crippen molar-refractivity contribution in [2.24, 2.45) is 22.7 Å². The molecule has 2 N–H and O–H groups in total. The summed E-state index contributed by atoms with van der Waals surface area (Å²) in [6.07, 6.45) is 8.17. The predicted octanol–water partition coefficient (Wildman–Crippen LogP) is 0.537. The van der Waals surface area contributed by atoms with Gasteiger partial charge in [-0.1, -0.05) is 6.08 Å². The van der Waals surface area contributed by atoms with Gasteiger partial charge >= 0.3 is 0 Å². The third kappa shape index (κ3) is 10.9. The number of carbonyl (C=O) groups excluding carboxylic acids is 4. The van der Waals surface area contributed by atoms with Gasteiger partial charge in [-0.25, -0.2) is 0 Å². The van der Waals surface area contributed by atoms with E-state index in [2.05, 4.69) is 15.6 Å². The molecule has 41 heavy (non-hydrogen) atoms. The summed E-state index contributed by atoms with van der Waals surface area (Å²) >= 11 is 0. The van der Waals surface area contributed by atoms with Gasteiger partial charge in [0.2, 0.25) is 17.7 Å². The number of hydrogen-bond donors (Lipinski definition) is 2. The fourth-order valence-electron chi connectivity index (χ4n) is 5.42. The summed E-state index contributed by atoms with van der Waals surface area (Å²) in [6, 6.07) is -0.189. The normalized spacial score (nSPS) is 24.7. The van der Waals surface area contributed by atoms with Crippen molar-refractivity contribution in [3.63, 3.8) is 0 Å². The number of ketones is 1. The number of likely N-dealkylation sites (tertiary alicyclic amines) is 1. The first-order chi connectivity index (χ1) is 19.9. The van der Waals surface area contributed by atoms with Gasteiger partial charge in [-0.3, -0.25) is 24.2 Å². The Hall–Kier alpha value is -2.67. The van der Waals surface area contributed by atoms with Crippen LogP contribution in [0.4, 0.5) is 0 Å². The van der Waals surface area contributed by atoms with Crippen LogP contribution in [0.1, 0.15) is 39.0 Å². The summed E-state index contributed by atoms with van der Waals surface area (Å²) in [5.74, 6) is -0.361. The second-order valence-electron chi connectivity index (χ2n) is 10.7. The molecule has 12 heteroatoms.